The van der Waals surface area contributed by atoms with Crippen molar-refractivity contribution in [1.82, 2.24) is 9.55 Å². The Morgan fingerprint density at radius 2 is 2.10 bits per heavy atom. The molecule has 1 heterocycles. The van der Waals surface area contributed by atoms with E-state index in [1.807, 2.05) is 4.57 Å². The van der Waals surface area contributed by atoms with Crippen LogP contribution in [0.15, 0.2) is 18.2 Å². The summed E-state index contributed by atoms with van der Waals surface area (Å²) in [6.07, 6.45) is 2.24. The van der Waals surface area contributed by atoms with Crippen LogP contribution in [0, 0.1) is 5.82 Å². The van der Waals surface area contributed by atoms with Crippen molar-refractivity contribution in [3.05, 3.63) is 34.9 Å². The van der Waals surface area contributed by atoms with Gasteiger partial charge in [-0.05, 0) is 38.8 Å². The molecule has 1 aliphatic carbocycles. The van der Waals surface area contributed by atoms with E-state index in [1.165, 1.54) is 6.07 Å². The molecule has 1 aromatic carbocycles. The summed E-state index contributed by atoms with van der Waals surface area (Å²) in [5.41, 5.74) is 6.98. The fraction of sp³-hybridized carbons (Fsp3) is 0.400. The van der Waals surface area contributed by atoms with E-state index in [0.717, 1.165) is 18.7 Å². The Morgan fingerprint density at radius 3 is 2.65 bits per heavy atom. The molecule has 2 N–H and O–H groups in total. The van der Waals surface area contributed by atoms with Crippen molar-refractivity contribution < 1.29 is 4.39 Å². The van der Waals surface area contributed by atoms with E-state index in [-0.39, 0.29) is 11.9 Å². The van der Waals surface area contributed by atoms with Crippen LogP contribution in [-0.4, -0.2) is 9.55 Å². The highest BCUT2D eigenvalue weighted by atomic mass is 35.5. The summed E-state index contributed by atoms with van der Waals surface area (Å²) in [6, 6.07) is 4.81. The molecule has 0 spiro atoms. The molecule has 0 bridgehead atoms. The Morgan fingerprint density at radius 1 is 1.40 bits per heavy atom. The first-order valence-electron chi connectivity index (χ1n) is 6.82. The zero-order valence-corrected chi connectivity index (χ0v) is 12.3. The van der Waals surface area contributed by atoms with Gasteiger partial charge in [-0.15, -0.1) is 0 Å². The standard InChI is InChI=1S/C15H17ClFN3/c1-8(2)20-14(18)13(19-15(20)9-6-7-9)12-10(16)4-3-5-11(12)17/h3-5,8-9H,6-7,18H2,1-2H3. The summed E-state index contributed by atoms with van der Waals surface area (Å²) < 4.78 is 16.1. The van der Waals surface area contributed by atoms with Crippen LogP contribution in [0.1, 0.15) is 44.5 Å². The lowest BCUT2D eigenvalue weighted by atomic mass is 10.1. The molecule has 0 radical (unpaired) electrons. The number of imidazole rings is 1. The molecule has 2 aromatic rings. The number of rotatable bonds is 3. The Kier molecular flexibility index (Phi) is 3.21. The molecule has 5 heteroatoms. The van der Waals surface area contributed by atoms with E-state index in [1.54, 1.807) is 12.1 Å². The summed E-state index contributed by atoms with van der Waals surface area (Å²) in [5, 5.41) is 0.340. The van der Waals surface area contributed by atoms with Gasteiger partial charge in [-0.1, -0.05) is 17.7 Å². The largest absolute Gasteiger partial charge is 0.383 e. The van der Waals surface area contributed by atoms with Crippen LogP contribution in [0.25, 0.3) is 11.3 Å². The number of anilines is 1. The molecule has 3 rings (SSSR count). The quantitative estimate of drug-likeness (QED) is 0.912. The van der Waals surface area contributed by atoms with Gasteiger partial charge < -0.3 is 10.3 Å². The second-order valence-corrected chi connectivity index (χ2v) is 5.95. The summed E-state index contributed by atoms with van der Waals surface area (Å²) in [5.74, 6) is 1.50. The molecule has 106 valence electrons. The van der Waals surface area contributed by atoms with Crippen molar-refractivity contribution in [2.45, 2.75) is 38.6 Å². The highest BCUT2D eigenvalue weighted by molar-refractivity contribution is 6.33. The molecule has 0 atom stereocenters. The van der Waals surface area contributed by atoms with Crippen molar-refractivity contribution in [1.29, 1.82) is 0 Å². The average molecular weight is 294 g/mol. The van der Waals surface area contributed by atoms with E-state index in [9.17, 15) is 4.39 Å². The molecular formula is C15H17ClFN3. The number of aromatic nitrogens is 2. The average Bonchev–Trinajstić information content (AvgIpc) is 3.15. The molecular weight excluding hydrogens is 277 g/mol. The Balaban J connectivity index is 2.22. The fourth-order valence-electron chi connectivity index (χ4n) is 2.54. The molecule has 20 heavy (non-hydrogen) atoms. The summed E-state index contributed by atoms with van der Waals surface area (Å²) in [6.45, 7) is 4.10. The SMILES string of the molecule is CC(C)n1c(C2CC2)nc(-c2c(F)cccc2Cl)c1N. The summed E-state index contributed by atoms with van der Waals surface area (Å²) in [4.78, 5) is 4.60. The highest BCUT2D eigenvalue weighted by Gasteiger charge is 2.32. The predicted octanol–water partition coefficient (Wildman–Crippen LogP) is 4.38. The van der Waals surface area contributed by atoms with Gasteiger partial charge in [0.25, 0.3) is 0 Å². The third-order valence-corrected chi connectivity index (χ3v) is 3.95. The van der Waals surface area contributed by atoms with E-state index in [4.69, 9.17) is 17.3 Å². The van der Waals surface area contributed by atoms with Gasteiger partial charge in [-0.2, -0.15) is 0 Å². The molecule has 0 aliphatic heterocycles. The number of benzene rings is 1. The Labute approximate surface area is 122 Å². The van der Waals surface area contributed by atoms with Crippen molar-refractivity contribution in [3.8, 4) is 11.3 Å². The van der Waals surface area contributed by atoms with Gasteiger partial charge in [0.15, 0.2) is 0 Å². The van der Waals surface area contributed by atoms with Gasteiger partial charge in [0.1, 0.15) is 23.2 Å². The van der Waals surface area contributed by atoms with E-state index < -0.39 is 0 Å². The molecule has 1 aromatic heterocycles. The number of nitrogens with zero attached hydrogens (tertiary/aromatic N) is 2. The van der Waals surface area contributed by atoms with E-state index in [2.05, 4.69) is 18.8 Å². The molecule has 0 amide bonds. The van der Waals surface area contributed by atoms with Gasteiger partial charge >= 0.3 is 0 Å². The molecule has 1 aliphatic rings. The van der Waals surface area contributed by atoms with E-state index >= 15 is 0 Å². The van der Waals surface area contributed by atoms with Gasteiger partial charge in [0.2, 0.25) is 0 Å². The van der Waals surface area contributed by atoms with Crippen LogP contribution in [0.2, 0.25) is 5.02 Å². The zero-order valence-electron chi connectivity index (χ0n) is 11.5. The highest BCUT2D eigenvalue weighted by Crippen LogP contribution is 2.44. The normalized spacial score (nSPS) is 15.1. The van der Waals surface area contributed by atoms with Crippen molar-refractivity contribution >= 4 is 17.4 Å². The maximum Gasteiger partial charge on any atom is 0.134 e. The molecule has 0 unspecified atom stereocenters. The van der Waals surface area contributed by atoms with Crippen LogP contribution < -0.4 is 5.73 Å². The Hall–Kier alpha value is -1.55. The molecule has 1 fully saturated rings. The van der Waals surface area contributed by atoms with Crippen molar-refractivity contribution in [3.63, 3.8) is 0 Å². The van der Waals surface area contributed by atoms with Crippen LogP contribution in [0.4, 0.5) is 10.2 Å². The number of nitrogens with two attached hydrogens (primary N) is 1. The monoisotopic (exact) mass is 293 g/mol. The second kappa shape index (κ2) is 4.77. The fourth-order valence-corrected chi connectivity index (χ4v) is 2.80. The first kappa shape index (κ1) is 13.4. The lowest BCUT2D eigenvalue weighted by molar-refractivity contribution is 0.576. The van der Waals surface area contributed by atoms with Crippen LogP contribution in [-0.2, 0) is 0 Å². The van der Waals surface area contributed by atoms with Crippen LogP contribution >= 0.6 is 11.6 Å². The minimum Gasteiger partial charge on any atom is -0.383 e. The van der Waals surface area contributed by atoms with Crippen LogP contribution in [0.3, 0.4) is 0 Å². The maximum atomic E-state index is 14.1. The number of halogens is 2. The number of hydrogen-bond donors (Lipinski definition) is 1. The number of nitrogen functional groups attached to an aromatic ring is 1. The van der Waals surface area contributed by atoms with E-state index in [0.29, 0.717) is 28.0 Å². The van der Waals surface area contributed by atoms with Gasteiger partial charge in [-0.3, -0.25) is 0 Å². The summed E-state index contributed by atoms with van der Waals surface area (Å²) >= 11 is 6.13. The smallest absolute Gasteiger partial charge is 0.134 e. The van der Waals surface area contributed by atoms with Crippen molar-refractivity contribution in [2.24, 2.45) is 0 Å². The van der Waals surface area contributed by atoms with Gasteiger partial charge in [-0.25, -0.2) is 9.37 Å². The Bertz CT molecular complexity index is 639. The first-order chi connectivity index (χ1) is 9.50. The van der Waals surface area contributed by atoms with Crippen LogP contribution in [0.5, 0.6) is 0 Å². The lowest BCUT2D eigenvalue weighted by Gasteiger charge is -2.13. The minimum atomic E-state index is -0.389. The van der Waals surface area contributed by atoms with Gasteiger partial charge in [0.05, 0.1) is 10.6 Å². The topological polar surface area (TPSA) is 43.8 Å². The third-order valence-electron chi connectivity index (χ3n) is 3.63. The second-order valence-electron chi connectivity index (χ2n) is 5.54. The zero-order chi connectivity index (χ0) is 14.4. The van der Waals surface area contributed by atoms with Crippen molar-refractivity contribution in [2.75, 3.05) is 5.73 Å². The molecule has 3 nitrogen and oxygen atoms in total. The first-order valence-corrected chi connectivity index (χ1v) is 7.20. The van der Waals surface area contributed by atoms with Gasteiger partial charge in [0, 0.05) is 12.0 Å². The third kappa shape index (κ3) is 2.08. The minimum absolute atomic E-state index is 0.192. The predicted molar refractivity (Wildman–Crippen MR) is 79.4 cm³/mol. The number of hydrogen-bond acceptors (Lipinski definition) is 2. The molecule has 0 saturated heterocycles. The molecule has 1 saturated carbocycles. The summed E-state index contributed by atoms with van der Waals surface area (Å²) in [7, 11) is 0. The maximum absolute atomic E-state index is 14.1. The lowest BCUT2D eigenvalue weighted by Crippen LogP contribution is -2.09.